The second-order valence-electron chi connectivity index (χ2n) is 6.85. The van der Waals surface area contributed by atoms with E-state index in [1.54, 1.807) is 16.2 Å². The minimum Gasteiger partial charge on any atom is -0.389 e. The predicted octanol–water partition coefficient (Wildman–Crippen LogP) is 3.06. The summed E-state index contributed by atoms with van der Waals surface area (Å²) in [5.41, 5.74) is 1.22. The summed E-state index contributed by atoms with van der Waals surface area (Å²) in [4.78, 5) is 21.0. The fourth-order valence-corrected chi connectivity index (χ4v) is 4.31. The first kappa shape index (κ1) is 16.5. The van der Waals surface area contributed by atoms with E-state index in [-0.39, 0.29) is 12.3 Å². The lowest BCUT2D eigenvalue weighted by Crippen LogP contribution is -2.39. The van der Waals surface area contributed by atoms with Crippen LogP contribution in [0.3, 0.4) is 0 Å². The zero-order valence-corrected chi connectivity index (χ0v) is 14.9. The number of hydrogen-bond donors (Lipinski definition) is 1. The van der Waals surface area contributed by atoms with Crippen molar-refractivity contribution in [1.82, 2.24) is 14.3 Å². The summed E-state index contributed by atoms with van der Waals surface area (Å²) >= 11 is 1.66. The van der Waals surface area contributed by atoms with Crippen molar-refractivity contribution in [2.24, 2.45) is 0 Å². The average molecular weight is 335 g/mol. The molecule has 3 rings (SSSR count). The number of nitrogens with zero attached hydrogens (tertiary/aromatic N) is 3. The molecule has 1 aliphatic rings. The highest BCUT2D eigenvalue weighted by molar-refractivity contribution is 7.17. The molecule has 0 spiro atoms. The Morgan fingerprint density at radius 3 is 2.78 bits per heavy atom. The molecule has 0 unspecified atom stereocenters. The number of fused-ring (bicyclic) bond motifs is 1. The Balaban J connectivity index is 1.71. The standard InChI is InChI=1S/C17H25N3O2S/c1-12-10-20-14(13(2)18-16(20)23-12)11-19(3)15(21)9-17(22)7-5-4-6-8-17/h10,22H,4-9,11H2,1-3H3. The Morgan fingerprint density at radius 1 is 1.39 bits per heavy atom. The molecule has 0 bridgehead atoms. The molecular weight excluding hydrogens is 310 g/mol. The number of rotatable bonds is 4. The number of carbonyl (C=O) groups is 1. The van der Waals surface area contributed by atoms with Crippen molar-refractivity contribution >= 4 is 22.2 Å². The van der Waals surface area contributed by atoms with Gasteiger partial charge >= 0.3 is 0 Å². The fourth-order valence-electron chi connectivity index (χ4n) is 3.42. The molecule has 0 aliphatic heterocycles. The van der Waals surface area contributed by atoms with E-state index < -0.39 is 5.60 Å². The molecule has 2 aromatic heterocycles. The van der Waals surface area contributed by atoms with Gasteiger partial charge in [-0.1, -0.05) is 19.3 Å². The summed E-state index contributed by atoms with van der Waals surface area (Å²) in [5.74, 6) is 0.00991. The van der Waals surface area contributed by atoms with Gasteiger partial charge in [-0.05, 0) is 26.7 Å². The van der Waals surface area contributed by atoms with Crippen LogP contribution in [-0.4, -0.2) is 37.9 Å². The van der Waals surface area contributed by atoms with Crippen LogP contribution in [-0.2, 0) is 11.3 Å². The van der Waals surface area contributed by atoms with Gasteiger partial charge in [0.15, 0.2) is 4.96 Å². The first-order chi connectivity index (χ1) is 10.9. The number of imidazole rings is 1. The summed E-state index contributed by atoms with van der Waals surface area (Å²) in [7, 11) is 1.81. The first-order valence-corrected chi connectivity index (χ1v) is 9.10. The molecule has 1 amide bonds. The summed E-state index contributed by atoms with van der Waals surface area (Å²) in [6.45, 7) is 4.57. The van der Waals surface area contributed by atoms with Crippen molar-refractivity contribution in [3.05, 3.63) is 22.5 Å². The quantitative estimate of drug-likeness (QED) is 0.934. The van der Waals surface area contributed by atoms with Crippen LogP contribution in [0.4, 0.5) is 0 Å². The molecule has 5 nitrogen and oxygen atoms in total. The first-order valence-electron chi connectivity index (χ1n) is 8.28. The van der Waals surface area contributed by atoms with Gasteiger partial charge in [0, 0.05) is 18.1 Å². The molecule has 2 aromatic rings. The van der Waals surface area contributed by atoms with Gasteiger partial charge in [-0.3, -0.25) is 9.20 Å². The molecule has 23 heavy (non-hydrogen) atoms. The maximum Gasteiger partial charge on any atom is 0.225 e. The highest BCUT2D eigenvalue weighted by atomic mass is 32.1. The molecular formula is C17H25N3O2S. The number of aryl methyl sites for hydroxylation is 2. The number of thiazole rings is 1. The number of aromatic nitrogens is 2. The maximum atomic E-state index is 12.5. The van der Waals surface area contributed by atoms with Crippen LogP contribution in [0.25, 0.3) is 4.96 Å². The molecule has 0 aromatic carbocycles. The second kappa shape index (κ2) is 6.24. The Labute approximate surface area is 140 Å². The molecule has 0 atom stereocenters. The third kappa shape index (κ3) is 3.43. The highest BCUT2D eigenvalue weighted by Crippen LogP contribution is 2.31. The van der Waals surface area contributed by atoms with E-state index in [1.807, 2.05) is 14.0 Å². The zero-order chi connectivity index (χ0) is 16.6. The number of hydrogen-bond acceptors (Lipinski definition) is 4. The molecule has 1 saturated carbocycles. The van der Waals surface area contributed by atoms with Gasteiger partial charge < -0.3 is 10.0 Å². The minimum absolute atomic E-state index is 0.00991. The zero-order valence-electron chi connectivity index (χ0n) is 14.1. The maximum absolute atomic E-state index is 12.5. The molecule has 1 N–H and O–H groups in total. The average Bonchev–Trinajstić information content (AvgIpc) is 2.96. The molecule has 6 heteroatoms. The van der Waals surface area contributed by atoms with Crippen LogP contribution in [0.5, 0.6) is 0 Å². The van der Waals surface area contributed by atoms with Crippen molar-refractivity contribution in [3.63, 3.8) is 0 Å². The van der Waals surface area contributed by atoms with Crippen molar-refractivity contribution < 1.29 is 9.90 Å². The van der Waals surface area contributed by atoms with Crippen molar-refractivity contribution in [2.45, 2.75) is 64.5 Å². The van der Waals surface area contributed by atoms with E-state index in [9.17, 15) is 9.90 Å². The summed E-state index contributed by atoms with van der Waals surface area (Å²) < 4.78 is 2.08. The molecule has 1 fully saturated rings. The minimum atomic E-state index is -0.801. The van der Waals surface area contributed by atoms with Crippen LogP contribution in [0, 0.1) is 13.8 Å². The molecule has 0 saturated heterocycles. The van der Waals surface area contributed by atoms with Crippen LogP contribution in [0.2, 0.25) is 0 Å². The molecule has 2 heterocycles. The van der Waals surface area contributed by atoms with Gasteiger partial charge in [0.2, 0.25) is 5.91 Å². The lowest BCUT2D eigenvalue weighted by atomic mass is 9.82. The summed E-state index contributed by atoms with van der Waals surface area (Å²) in [5, 5.41) is 10.6. The van der Waals surface area contributed by atoms with E-state index >= 15 is 0 Å². The number of aliphatic hydroxyl groups is 1. The molecule has 1 aliphatic carbocycles. The Hall–Kier alpha value is -1.40. The third-order valence-corrected chi connectivity index (χ3v) is 5.72. The van der Waals surface area contributed by atoms with E-state index in [4.69, 9.17) is 0 Å². The summed E-state index contributed by atoms with van der Waals surface area (Å²) in [6.07, 6.45) is 6.99. The summed E-state index contributed by atoms with van der Waals surface area (Å²) in [6, 6.07) is 0. The lowest BCUT2D eigenvalue weighted by molar-refractivity contribution is -0.137. The van der Waals surface area contributed by atoms with Gasteiger partial charge in [0.05, 0.1) is 30.0 Å². The molecule has 0 radical (unpaired) electrons. The van der Waals surface area contributed by atoms with Gasteiger partial charge in [0.1, 0.15) is 0 Å². The van der Waals surface area contributed by atoms with Crippen LogP contribution < -0.4 is 0 Å². The Kier molecular flexibility index (Phi) is 4.47. The van der Waals surface area contributed by atoms with Crippen molar-refractivity contribution in [1.29, 1.82) is 0 Å². The third-order valence-electron chi connectivity index (χ3n) is 4.82. The van der Waals surface area contributed by atoms with Gasteiger partial charge in [-0.15, -0.1) is 11.3 Å². The largest absolute Gasteiger partial charge is 0.389 e. The second-order valence-corrected chi connectivity index (χ2v) is 8.06. The highest BCUT2D eigenvalue weighted by Gasteiger charge is 2.33. The lowest BCUT2D eigenvalue weighted by Gasteiger charge is -2.32. The van der Waals surface area contributed by atoms with Crippen LogP contribution >= 0.6 is 11.3 Å². The normalized spacial score (nSPS) is 17.6. The monoisotopic (exact) mass is 335 g/mol. The van der Waals surface area contributed by atoms with E-state index in [0.717, 1.165) is 48.5 Å². The van der Waals surface area contributed by atoms with E-state index in [0.29, 0.717) is 6.54 Å². The Morgan fingerprint density at radius 2 is 2.09 bits per heavy atom. The van der Waals surface area contributed by atoms with Gasteiger partial charge in [0.25, 0.3) is 0 Å². The fraction of sp³-hybridized carbons (Fsp3) is 0.647. The Bertz CT molecular complexity index is 713. The van der Waals surface area contributed by atoms with Crippen molar-refractivity contribution in [2.75, 3.05) is 7.05 Å². The number of amides is 1. The van der Waals surface area contributed by atoms with Gasteiger partial charge in [-0.25, -0.2) is 4.98 Å². The smallest absolute Gasteiger partial charge is 0.225 e. The van der Waals surface area contributed by atoms with Crippen LogP contribution in [0.15, 0.2) is 6.20 Å². The topological polar surface area (TPSA) is 57.8 Å². The predicted molar refractivity (Wildman–Crippen MR) is 91.7 cm³/mol. The van der Waals surface area contributed by atoms with E-state index in [1.165, 1.54) is 4.88 Å². The number of carbonyl (C=O) groups excluding carboxylic acids is 1. The van der Waals surface area contributed by atoms with Crippen LogP contribution in [0.1, 0.15) is 54.8 Å². The molecule has 126 valence electrons. The van der Waals surface area contributed by atoms with Gasteiger partial charge in [-0.2, -0.15) is 0 Å². The van der Waals surface area contributed by atoms with E-state index in [2.05, 4.69) is 22.5 Å². The van der Waals surface area contributed by atoms with Crippen molar-refractivity contribution in [3.8, 4) is 0 Å². The SMILES string of the molecule is Cc1cn2c(CN(C)C(=O)CC3(O)CCCCC3)c(C)nc2s1.